The van der Waals surface area contributed by atoms with Gasteiger partial charge in [0.15, 0.2) is 5.65 Å². The van der Waals surface area contributed by atoms with Gasteiger partial charge in [0, 0.05) is 5.57 Å². The number of hydrogen-bond acceptors (Lipinski definition) is 6. The molecule has 0 saturated carbocycles. The topological polar surface area (TPSA) is 116 Å². The minimum atomic E-state index is -3.60. The Morgan fingerprint density at radius 3 is 2.74 bits per heavy atom. The fraction of sp³-hybridized carbons (Fsp3) is 0.222. The molecule has 0 radical (unpaired) electrons. The first-order valence-corrected chi connectivity index (χ1v) is 10.1. The number of anilines is 1. The van der Waals surface area contributed by atoms with Gasteiger partial charge in [-0.2, -0.15) is 17.9 Å². The van der Waals surface area contributed by atoms with Crippen molar-refractivity contribution < 1.29 is 8.42 Å². The molecular formula is C18H16N6O2S. The lowest BCUT2D eigenvalue weighted by molar-refractivity contribution is 0.413. The molecule has 5 rings (SSSR count). The summed E-state index contributed by atoms with van der Waals surface area (Å²) < 4.78 is 28.8. The second kappa shape index (κ2) is 5.71. The molecule has 1 aromatic carbocycles. The first-order chi connectivity index (χ1) is 13.0. The summed E-state index contributed by atoms with van der Waals surface area (Å²) in [6.07, 6.45) is 5.41. The fourth-order valence-electron chi connectivity index (χ4n) is 3.81. The maximum atomic E-state index is 11.7. The van der Waals surface area contributed by atoms with Gasteiger partial charge in [0.05, 0.1) is 23.1 Å². The lowest BCUT2D eigenvalue weighted by Gasteiger charge is -2.25. The van der Waals surface area contributed by atoms with Gasteiger partial charge in [0.2, 0.25) is 0 Å². The standard InChI is InChI=1S/C18H16N6O2S/c19-17-15-16(13-8-22-27(25,26)9-13)23-24(18(15)21-10-20-17)14-6-5-11-3-1-2-4-12(11)7-14/h1-4,8-10,14H,5-7H2,(H2,19,20,21). The summed E-state index contributed by atoms with van der Waals surface area (Å²) >= 11 is 0. The monoisotopic (exact) mass is 380 g/mol. The van der Waals surface area contributed by atoms with Crippen LogP contribution in [0.3, 0.4) is 0 Å². The van der Waals surface area contributed by atoms with E-state index in [1.54, 1.807) is 0 Å². The minimum Gasteiger partial charge on any atom is -0.383 e. The van der Waals surface area contributed by atoms with E-state index < -0.39 is 10.0 Å². The van der Waals surface area contributed by atoms with Gasteiger partial charge in [-0.05, 0) is 30.4 Å². The Kier molecular flexibility index (Phi) is 3.41. The van der Waals surface area contributed by atoms with E-state index in [1.165, 1.54) is 23.7 Å². The number of sulfonamides is 1. The quantitative estimate of drug-likeness (QED) is 0.726. The van der Waals surface area contributed by atoms with Gasteiger partial charge < -0.3 is 5.73 Å². The van der Waals surface area contributed by atoms with E-state index >= 15 is 0 Å². The van der Waals surface area contributed by atoms with Crippen molar-refractivity contribution in [3.05, 3.63) is 52.8 Å². The molecule has 0 fully saturated rings. The van der Waals surface area contributed by atoms with E-state index in [0.717, 1.165) is 24.7 Å². The summed E-state index contributed by atoms with van der Waals surface area (Å²) in [5.41, 5.74) is 10.2. The van der Waals surface area contributed by atoms with Crippen molar-refractivity contribution in [2.75, 3.05) is 5.73 Å². The molecule has 1 unspecified atom stereocenters. The Bertz CT molecular complexity index is 1240. The number of allylic oxidation sites excluding steroid dienone is 1. The minimum absolute atomic E-state index is 0.112. The lowest BCUT2D eigenvalue weighted by atomic mass is 9.88. The van der Waals surface area contributed by atoms with Gasteiger partial charge in [-0.1, -0.05) is 24.3 Å². The highest BCUT2D eigenvalue weighted by Crippen LogP contribution is 2.34. The van der Waals surface area contributed by atoms with Crippen LogP contribution >= 0.6 is 0 Å². The summed E-state index contributed by atoms with van der Waals surface area (Å²) in [5, 5.41) is 6.36. The van der Waals surface area contributed by atoms with Crippen LogP contribution in [0.2, 0.25) is 0 Å². The molecule has 1 aliphatic carbocycles. The largest absolute Gasteiger partial charge is 0.383 e. The second-order valence-electron chi connectivity index (χ2n) is 6.74. The molecule has 1 atom stereocenters. The van der Waals surface area contributed by atoms with Crippen LogP contribution in [0.1, 0.15) is 29.3 Å². The number of benzene rings is 1. The van der Waals surface area contributed by atoms with Crippen molar-refractivity contribution in [1.82, 2.24) is 19.7 Å². The number of rotatable bonds is 2. The summed E-state index contributed by atoms with van der Waals surface area (Å²) in [5.74, 6) is 0.274. The molecule has 2 N–H and O–H groups in total. The number of fused-ring (bicyclic) bond motifs is 2. The van der Waals surface area contributed by atoms with E-state index in [4.69, 9.17) is 10.8 Å². The predicted molar refractivity (Wildman–Crippen MR) is 103 cm³/mol. The fourth-order valence-corrected chi connectivity index (χ4v) is 4.62. The van der Waals surface area contributed by atoms with E-state index in [9.17, 15) is 8.42 Å². The van der Waals surface area contributed by atoms with Crippen LogP contribution in [0.5, 0.6) is 0 Å². The van der Waals surface area contributed by atoms with Gasteiger partial charge in [-0.3, -0.25) is 0 Å². The Labute approximate surface area is 155 Å². The Hall–Kier alpha value is -3.07. The zero-order valence-electron chi connectivity index (χ0n) is 14.3. The molecule has 0 spiro atoms. The van der Waals surface area contributed by atoms with Gasteiger partial charge in [0.1, 0.15) is 17.8 Å². The third-order valence-electron chi connectivity index (χ3n) is 5.07. The van der Waals surface area contributed by atoms with Crippen LogP contribution in [-0.4, -0.2) is 34.4 Å². The van der Waals surface area contributed by atoms with E-state index in [0.29, 0.717) is 22.3 Å². The number of aromatic nitrogens is 4. The molecule has 3 aromatic rings. The maximum Gasteiger partial charge on any atom is 0.276 e. The Morgan fingerprint density at radius 1 is 1.15 bits per heavy atom. The van der Waals surface area contributed by atoms with E-state index in [2.05, 4.69) is 32.6 Å². The Balaban J connectivity index is 1.67. The number of hydrogen-bond donors (Lipinski definition) is 1. The second-order valence-corrected chi connectivity index (χ2v) is 8.22. The highest BCUT2D eigenvalue weighted by molar-refractivity contribution is 7.93. The van der Waals surface area contributed by atoms with Crippen LogP contribution in [0, 0.1) is 0 Å². The van der Waals surface area contributed by atoms with Crippen molar-refractivity contribution >= 4 is 38.7 Å². The van der Waals surface area contributed by atoms with Gasteiger partial charge in [-0.15, -0.1) is 0 Å². The predicted octanol–water partition coefficient (Wildman–Crippen LogP) is 1.89. The van der Waals surface area contributed by atoms with E-state index in [1.807, 2.05) is 10.7 Å². The third-order valence-corrected chi connectivity index (χ3v) is 6.02. The van der Waals surface area contributed by atoms with Crippen molar-refractivity contribution in [1.29, 1.82) is 0 Å². The molecule has 9 heteroatoms. The average molecular weight is 380 g/mol. The summed E-state index contributed by atoms with van der Waals surface area (Å²) in [6, 6.07) is 8.50. The SMILES string of the molecule is Nc1ncnc2c1c(C1=CS(=O)(=O)N=C1)nn2C1CCc2ccccc2C1. The molecule has 0 saturated heterocycles. The highest BCUT2D eigenvalue weighted by Gasteiger charge is 2.27. The molecule has 8 nitrogen and oxygen atoms in total. The normalized spacial score (nSPS) is 20.6. The van der Waals surface area contributed by atoms with Gasteiger partial charge in [0.25, 0.3) is 10.0 Å². The molecule has 2 aromatic heterocycles. The van der Waals surface area contributed by atoms with Crippen molar-refractivity contribution in [3.8, 4) is 0 Å². The molecule has 2 aliphatic rings. The van der Waals surface area contributed by atoms with Crippen LogP contribution in [0.25, 0.3) is 16.6 Å². The number of nitrogens with two attached hydrogens (primary N) is 1. The molecule has 0 bridgehead atoms. The number of aryl methyl sites for hydroxylation is 1. The molecule has 0 amide bonds. The molecule has 136 valence electrons. The van der Waals surface area contributed by atoms with Crippen LogP contribution in [0.4, 0.5) is 5.82 Å². The lowest BCUT2D eigenvalue weighted by Crippen LogP contribution is -2.20. The summed E-state index contributed by atoms with van der Waals surface area (Å²) in [4.78, 5) is 8.45. The first-order valence-electron chi connectivity index (χ1n) is 8.60. The molecule has 27 heavy (non-hydrogen) atoms. The maximum absolute atomic E-state index is 11.7. The average Bonchev–Trinajstić information content (AvgIpc) is 3.22. The van der Waals surface area contributed by atoms with Crippen molar-refractivity contribution in [2.24, 2.45) is 4.40 Å². The summed E-state index contributed by atoms with van der Waals surface area (Å²) in [7, 11) is -3.60. The highest BCUT2D eigenvalue weighted by atomic mass is 32.2. The van der Waals surface area contributed by atoms with Crippen LogP contribution in [-0.2, 0) is 22.9 Å². The Morgan fingerprint density at radius 2 is 1.96 bits per heavy atom. The molecular weight excluding hydrogens is 364 g/mol. The van der Waals surface area contributed by atoms with Gasteiger partial charge in [-0.25, -0.2) is 14.6 Å². The molecule has 3 heterocycles. The van der Waals surface area contributed by atoms with Crippen molar-refractivity contribution in [2.45, 2.75) is 25.3 Å². The molecule has 1 aliphatic heterocycles. The summed E-state index contributed by atoms with van der Waals surface area (Å²) in [6.45, 7) is 0. The zero-order valence-corrected chi connectivity index (χ0v) is 15.1. The van der Waals surface area contributed by atoms with Crippen molar-refractivity contribution in [3.63, 3.8) is 0 Å². The zero-order chi connectivity index (χ0) is 18.6. The third kappa shape index (κ3) is 2.62. The van der Waals surface area contributed by atoms with Crippen LogP contribution in [0.15, 0.2) is 40.4 Å². The smallest absolute Gasteiger partial charge is 0.276 e. The van der Waals surface area contributed by atoms with E-state index in [-0.39, 0.29) is 11.9 Å². The van der Waals surface area contributed by atoms with Gasteiger partial charge >= 0.3 is 0 Å². The number of nitrogen functional groups attached to an aromatic ring is 1. The van der Waals surface area contributed by atoms with Crippen LogP contribution < -0.4 is 5.73 Å². The number of nitrogens with zero attached hydrogens (tertiary/aromatic N) is 5. The first kappa shape index (κ1) is 16.1.